The molecule has 0 unspecified atom stereocenters. The van der Waals surface area contributed by atoms with E-state index in [2.05, 4.69) is 21.9 Å². The van der Waals surface area contributed by atoms with E-state index in [1.54, 1.807) is 17.4 Å². The summed E-state index contributed by atoms with van der Waals surface area (Å²) < 4.78 is 6.12. The van der Waals surface area contributed by atoms with Gasteiger partial charge in [-0.05, 0) is 43.5 Å². The van der Waals surface area contributed by atoms with E-state index in [1.807, 2.05) is 18.2 Å². The second-order valence-electron chi connectivity index (χ2n) is 5.26. The highest BCUT2D eigenvalue weighted by atomic mass is 32.1. The first kappa shape index (κ1) is 16.2. The number of amides is 2. The van der Waals surface area contributed by atoms with Gasteiger partial charge in [0.05, 0.1) is 21.5 Å². The van der Waals surface area contributed by atoms with Crippen LogP contribution in [0.2, 0.25) is 0 Å². The van der Waals surface area contributed by atoms with Crippen LogP contribution >= 0.6 is 11.3 Å². The van der Waals surface area contributed by atoms with Gasteiger partial charge in [-0.3, -0.25) is 20.4 Å². The summed E-state index contributed by atoms with van der Waals surface area (Å²) >= 11 is 1.69. The second-order valence-corrected chi connectivity index (χ2v) is 6.38. The van der Waals surface area contributed by atoms with Gasteiger partial charge in [0, 0.05) is 6.42 Å². The Morgan fingerprint density at radius 2 is 1.96 bits per heavy atom. The highest BCUT2D eigenvalue weighted by Gasteiger charge is 2.09. The van der Waals surface area contributed by atoms with Gasteiger partial charge in [0.1, 0.15) is 0 Å². The number of nitrogens with zero attached hydrogens (tertiary/aromatic N) is 1. The van der Waals surface area contributed by atoms with Crippen LogP contribution in [-0.2, 0) is 11.2 Å². The van der Waals surface area contributed by atoms with Crippen LogP contribution in [0.1, 0.15) is 34.8 Å². The number of hydrogen-bond acceptors (Lipinski definition) is 5. The Morgan fingerprint density at radius 1 is 1.08 bits per heavy atom. The average Bonchev–Trinajstić information content (AvgIpc) is 3.25. The van der Waals surface area contributed by atoms with Crippen molar-refractivity contribution in [2.45, 2.75) is 25.7 Å². The third kappa shape index (κ3) is 4.20. The van der Waals surface area contributed by atoms with Gasteiger partial charge >= 0.3 is 5.91 Å². The topological polar surface area (TPSA) is 84.2 Å². The lowest BCUT2D eigenvalue weighted by Gasteiger charge is -2.05. The predicted octanol–water partition coefficient (Wildman–Crippen LogP) is 3.06. The average molecular weight is 343 g/mol. The van der Waals surface area contributed by atoms with Gasteiger partial charge in [-0.1, -0.05) is 12.1 Å². The fourth-order valence-corrected chi connectivity index (χ4v) is 3.26. The highest BCUT2D eigenvalue weighted by molar-refractivity contribution is 7.18. The number of benzene rings is 1. The van der Waals surface area contributed by atoms with Gasteiger partial charge in [-0.15, -0.1) is 11.3 Å². The number of fused-ring (bicyclic) bond motifs is 1. The molecule has 6 nitrogen and oxygen atoms in total. The number of carbonyl (C=O) groups is 2. The number of carbonyl (C=O) groups excluding carboxylic acids is 2. The smallest absolute Gasteiger partial charge is 0.305 e. The van der Waals surface area contributed by atoms with Crippen molar-refractivity contribution < 1.29 is 14.0 Å². The Hall–Kier alpha value is -2.67. The lowest BCUT2D eigenvalue weighted by atomic mass is 10.2. The summed E-state index contributed by atoms with van der Waals surface area (Å²) in [7, 11) is 0. The zero-order valence-electron chi connectivity index (χ0n) is 13.0. The van der Waals surface area contributed by atoms with Crippen molar-refractivity contribution in [3.05, 3.63) is 53.4 Å². The fourth-order valence-electron chi connectivity index (χ4n) is 2.25. The molecule has 0 aliphatic heterocycles. The van der Waals surface area contributed by atoms with Gasteiger partial charge in [0.2, 0.25) is 5.91 Å². The van der Waals surface area contributed by atoms with E-state index in [-0.39, 0.29) is 11.7 Å². The number of rotatable bonds is 6. The summed E-state index contributed by atoms with van der Waals surface area (Å²) in [5.41, 5.74) is 5.72. The van der Waals surface area contributed by atoms with Gasteiger partial charge in [0.25, 0.3) is 0 Å². The number of unbranched alkanes of at least 4 members (excludes halogenated alkanes) is 1. The first-order valence-corrected chi connectivity index (χ1v) is 8.51. The Labute approximate surface area is 142 Å². The van der Waals surface area contributed by atoms with Crippen LogP contribution in [0.4, 0.5) is 0 Å². The molecule has 0 spiro atoms. The molecule has 0 saturated heterocycles. The molecule has 2 N–H and O–H groups in total. The van der Waals surface area contributed by atoms with E-state index in [4.69, 9.17) is 4.42 Å². The number of furan rings is 1. The summed E-state index contributed by atoms with van der Waals surface area (Å²) in [6.07, 6.45) is 4.21. The van der Waals surface area contributed by atoms with Crippen molar-refractivity contribution in [2.24, 2.45) is 0 Å². The monoisotopic (exact) mass is 343 g/mol. The molecule has 24 heavy (non-hydrogen) atoms. The molecule has 0 saturated carbocycles. The maximum atomic E-state index is 11.7. The van der Waals surface area contributed by atoms with Gasteiger partial charge in [-0.2, -0.15) is 0 Å². The predicted molar refractivity (Wildman–Crippen MR) is 91.5 cm³/mol. The Morgan fingerprint density at radius 3 is 2.75 bits per heavy atom. The lowest BCUT2D eigenvalue weighted by molar-refractivity contribution is -0.122. The fraction of sp³-hybridized carbons (Fsp3) is 0.235. The number of aryl methyl sites for hydroxylation is 1. The molecule has 2 amide bonds. The minimum Gasteiger partial charge on any atom is -0.459 e. The normalized spacial score (nSPS) is 10.7. The van der Waals surface area contributed by atoms with Crippen LogP contribution in [0.15, 0.2) is 47.1 Å². The molecular weight excluding hydrogens is 326 g/mol. The van der Waals surface area contributed by atoms with Gasteiger partial charge in [0.15, 0.2) is 5.76 Å². The Kier molecular flexibility index (Phi) is 5.22. The molecule has 124 valence electrons. The van der Waals surface area contributed by atoms with Crippen molar-refractivity contribution in [3.63, 3.8) is 0 Å². The largest absolute Gasteiger partial charge is 0.459 e. The molecule has 1 aromatic carbocycles. The molecule has 0 bridgehead atoms. The van der Waals surface area contributed by atoms with Crippen LogP contribution in [-0.4, -0.2) is 16.8 Å². The maximum Gasteiger partial charge on any atom is 0.305 e. The molecular formula is C17H17N3O3S. The van der Waals surface area contributed by atoms with Crippen molar-refractivity contribution in [2.75, 3.05) is 0 Å². The first-order chi connectivity index (χ1) is 11.7. The molecule has 7 heteroatoms. The molecule has 2 aromatic heterocycles. The SMILES string of the molecule is O=C(CCCCc1nc2ccccc2s1)NNC(=O)c1ccco1. The molecule has 0 fully saturated rings. The molecule has 3 aromatic rings. The number of para-hydroxylation sites is 1. The van der Waals surface area contributed by atoms with Gasteiger partial charge < -0.3 is 4.42 Å². The number of hydrazine groups is 1. The summed E-state index contributed by atoms with van der Waals surface area (Å²) in [6, 6.07) is 11.2. The van der Waals surface area contributed by atoms with Crippen molar-refractivity contribution in [3.8, 4) is 0 Å². The minimum absolute atomic E-state index is 0.158. The number of nitrogens with one attached hydrogen (secondary N) is 2. The van der Waals surface area contributed by atoms with E-state index in [1.165, 1.54) is 17.0 Å². The van der Waals surface area contributed by atoms with Crippen LogP contribution in [0, 0.1) is 0 Å². The third-order valence-electron chi connectivity index (χ3n) is 3.44. The van der Waals surface area contributed by atoms with Gasteiger partial charge in [-0.25, -0.2) is 4.98 Å². The number of hydrogen-bond donors (Lipinski definition) is 2. The van der Waals surface area contributed by atoms with E-state index < -0.39 is 5.91 Å². The zero-order valence-corrected chi connectivity index (χ0v) is 13.8. The maximum absolute atomic E-state index is 11.7. The van der Waals surface area contributed by atoms with E-state index >= 15 is 0 Å². The van der Waals surface area contributed by atoms with Crippen LogP contribution < -0.4 is 10.9 Å². The van der Waals surface area contributed by atoms with Crippen molar-refractivity contribution in [1.82, 2.24) is 15.8 Å². The standard InChI is InChI=1S/C17H17N3O3S/c21-15(19-20-17(22)13-7-5-11-23-13)9-3-4-10-16-18-12-6-1-2-8-14(12)24-16/h1-2,5-8,11H,3-4,9-10H2,(H,19,21)(H,20,22). The summed E-state index contributed by atoms with van der Waals surface area (Å²) in [5.74, 6) is -0.534. The highest BCUT2D eigenvalue weighted by Crippen LogP contribution is 2.22. The number of aromatic nitrogens is 1. The van der Waals surface area contributed by atoms with E-state index in [9.17, 15) is 9.59 Å². The van der Waals surface area contributed by atoms with E-state index in [0.717, 1.165) is 29.8 Å². The second kappa shape index (κ2) is 7.74. The van der Waals surface area contributed by atoms with E-state index in [0.29, 0.717) is 6.42 Å². The number of thiazole rings is 1. The minimum atomic E-state index is -0.470. The summed E-state index contributed by atoms with van der Waals surface area (Å²) in [5, 5.41) is 1.09. The Bertz CT molecular complexity index is 794. The molecule has 0 aliphatic carbocycles. The molecule has 3 rings (SSSR count). The van der Waals surface area contributed by atoms with Crippen molar-refractivity contribution in [1.29, 1.82) is 0 Å². The summed E-state index contributed by atoms with van der Waals surface area (Å²) in [6.45, 7) is 0. The molecule has 0 atom stereocenters. The van der Waals surface area contributed by atoms with Crippen LogP contribution in [0.5, 0.6) is 0 Å². The van der Waals surface area contributed by atoms with Crippen LogP contribution in [0.25, 0.3) is 10.2 Å². The third-order valence-corrected chi connectivity index (χ3v) is 4.54. The first-order valence-electron chi connectivity index (χ1n) is 7.69. The lowest BCUT2D eigenvalue weighted by Crippen LogP contribution is -2.41. The quantitative estimate of drug-likeness (QED) is 0.532. The van der Waals surface area contributed by atoms with Crippen LogP contribution in [0.3, 0.4) is 0 Å². The van der Waals surface area contributed by atoms with Crippen molar-refractivity contribution >= 4 is 33.4 Å². The summed E-state index contributed by atoms with van der Waals surface area (Å²) in [4.78, 5) is 27.9. The molecule has 0 aliphatic rings. The molecule has 2 heterocycles. The molecule has 0 radical (unpaired) electrons. The Balaban J connectivity index is 1.35. The zero-order chi connectivity index (χ0) is 16.8.